The fraction of sp³-hybridized carbons (Fsp3) is 0.292. The zero-order valence-electron chi connectivity index (χ0n) is 17.9. The predicted octanol–water partition coefficient (Wildman–Crippen LogP) is 4.53. The van der Waals surface area contributed by atoms with Crippen molar-refractivity contribution >= 4 is 17.7 Å². The van der Waals surface area contributed by atoms with Crippen LogP contribution in [-0.4, -0.2) is 35.5 Å². The standard InChI is InChI=1S/C24H27N3O2S/c1-16-13-18(3)21(14-17(16)2)22-9-10-24(27-26-22)30-15-23(28)25-12-11-19-5-7-20(29-4)8-6-19/h5-10,13-14H,11-12,15H2,1-4H3,(H,25,28). The van der Waals surface area contributed by atoms with E-state index in [4.69, 9.17) is 4.74 Å². The highest BCUT2D eigenvalue weighted by Gasteiger charge is 2.08. The molecule has 0 spiro atoms. The highest BCUT2D eigenvalue weighted by molar-refractivity contribution is 7.99. The van der Waals surface area contributed by atoms with Crippen molar-refractivity contribution in [1.29, 1.82) is 0 Å². The second-order valence-electron chi connectivity index (χ2n) is 7.24. The van der Waals surface area contributed by atoms with Gasteiger partial charge in [0.25, 0.3) is 0 Å². The van der Waals surface area contributed by atoms with Gasteiger partial charge in [-0.25, -0.2) is 0 Å². The number of benzene rings is 2. The van der Waals surface area contributed by atoms with Crippen molar-refractivity contribution in [2.45, 2.75) is 32.2 Å². The van der Waals surface area contributed by atoms with Crippen molar-refractivity contribution in [3.05, 3.63) is 70.8 Å². The molecule has 0 unspecified atom stereocenters. The Balaban J connectivity index is 1.47. The summed E-state index contributed by atoms with van der Waals surface area (Å²) in [4.78, 5) is 12.1. The molecule has 0 saturated carbocycles. The van der Waals surface area contributed by atoms with Gasteiger partial charge in [-0.1, -0.05) is 30.0 Å². The Bertz CT molecular complexity index is 1000. The molecule has 3 aromatic rings. The smallest absolute Gasteiger partial charge is 0.230 e. The number of ether oxygens (including phenoxy) is 1. The van der Waals surface area contributed by atoms with Crippen molar-refractivity contribution in [3.8, 4) is 17.0 Å². The number of amides is 1. The van der Waals surface area contributed by atoms with Gasteiger partial charge in [-0.3, -0.25) is 4.79 Å². The first-order valence-corrected chi connectivity index (χ1v) is 10.9. The van der Waals surface area contributed by atoms with E-state index < -0.39 is 0 Å². The molecule has 0 saturated heterocycles. The molecule has 1 N–H and O–H groups in total. The van der Waals surface area contributed by atoms with E-state index in [1.807, 2.05) is 36.4 Å². The lowest BCUT2D eigenvalue weighted by atomic mass is 9.99. The molecule has 0 bridgehead atoms. The Kier molecular flexibility index (Phi) is 7.46. The monoisotopic (exact) mass is 421 g/mol. The normalized spacial score (nSPS) is 10.7. The van der Waals surface area contributed by atoms with E-state index >= 15 is 0 Å². The summed E-state index contributed by atoms with van der Waals surface area (Å²) in [5.41, 5.74) is 6.80. The molecular weight excluding hydrogens is 394 g/mol. The first kappa shape index (κ1) is 21.8. The first-order valence-electron chi connectivity index (χ1n) is 9.90. The molecule has 30 heavy (non-hydrogen) atoms. The molecule has 1 amide bonds. The van der Waals surface area contributed by atoms with E-state index in [1.54, 1.807) is 7.11 Å². The molecule has 0 radical (unpaired) electrons. The van der Waals surface area contributed by atoms with Crippen LogP contribution < -0.4 is 10.1 Å². The molecule has 0 aliphatic rings. The van der Waals surface area contributed by atoms with Gasteiger partial charge in [0.15, 0.2) is 0 Å². The quantitative estimate of drug-likeness (QED) is 0.542. The van der Waals surface area contributed by atoms with Crippen LogP contribution in [0.1, 0.15) is 22.3 Å². The lowest BCUT2D eigenvalue weighted by molar-refractivity contribution is -0.118. The minimum atomic E-state index is -0.00982. The molecule has 0 aliphatic carbocycles. The second kappa shape index (κ2) is 10.3. The summed E-state index contributed by atoms with van der Waals surface area (Å²) >= 11 is 1.39. The van der Waals surface area contributed by atoms with Crippen LogP contribution in [0, 0.1) is 20.8 Å². The van der Waals surface area contributed by atoms with Gasteiger partial charge < -0.3 is 10.1 Å². The molecule has 2 aromatic carbocycles. The topological polar surface area (TPSA) is 64.1 Å². The minimum Gasteiger partial charge on any atom is -0.497 e. The lowest BCUT2D eigenvalue weighted by Gasteiger charge is -2.09. The van der Waals surface area contributed by atoms with E-state index in [-0.39, 0.29) is 5.91 Å². The van der Waals surface area contributed by atoms with Gasteiger partial charge in [0.1, 0.15) is 10.8 Å². The third-order valence-electron chi connectivity index (χ3n) is 5.00. The zero-order chi connectivity index (χ0) is 21.5. The second-order valence-corrected chi connectivity index (χ2v) is 8.24. The molecule has 0 aliphatic heterocycles. The number of nitrogens with zero attached hydrogens (tertiary/aromatic N) is 2. The molecular formula is C24H27N3O2S. The number of thioether (sulfide) groups is 1. The van der Waals surface area contributed by atoms with Gasteiger partial charge in [0.2, 0.25) is 5.91 Å². The number of hydrogen-bond acceptors (Lipinski definition) is 5. The largest absolute Gasteiger partial charge is 0.497 e. The highest BCUT2D eigenvalue weighted by atomic mass is 32.2. The number of rotatable bonds is 8. The van der Waals surface area contributed by atoms with Gasteiger partial charge >= 0.3 is 0 Å². The van der Waals surface area contributed by atoms with Crippen LogP contribution in [0.2, 0.25) is 0 Å². The van der Waals surface area contributed by atoms with Crippen LogP contribution >= 0.6 is 11.8 Å². The number of carbonyl (C=O) groups is 1. The van der Waals surface area contributed by atoms with Crippen molar-refractivity contribution in [2.75, 3.05) is 19.4 Å². The van der Waals surface area contributed by atoms with Crippen LogP contribution in [0.25, 0.3) is 11.3 Å². The number of carbonyl (C=O) groups excluding carboxylic acids is 1. The van der Waals surface area contributed by atoms with E-state index in [2.05, 4.69) is 48.4 Å². The number of aryl methyl sites for hydroxylation is 3. The van der Waals surface area contributed by atoms with Gasteiger partial charge in [-0.15, -0.1) is 10.2 Å². The molecule has 156 valence electrons. The highest BCUT2D eigenvalue weighted by Crippen LogP contribution is 2.25. The number of aromatic nitrogens is 2. The number of hydrogen-bond donors (Lipinski definition) is 1. The Morgan fingerprint density at radius 2 is 1.70 bits per heavy atom. The lowest BCUT2D eigenvalue weighted by Crippen LogP contribution is -2.27. The Hall–Kier alpha value is -2.86. The summed E-state index contributed by atoms with van der Waals surface area (Å²) in [5, 5.41) is 12.3. The molecule has 3 rings (SSSR count). The summed E-state index contributed by atoms with van der Waals surface area (Å²) in [6.45, 7) is 6.90. The maximum absolute atomic E-state index is 12.1. The Labute approximate surface area is 182 Å². The van der Waals surface area contributed by atoms with E-state index in [0.29, 0.717) is 12.3 Å². The van der Waals surface area contributed by atoms with E-state index in [0.717, 1.165) is 34.0 Å². The van der Waals surface area contributed by atoms with Gasteiger partial charge in [0.05, 0.1) is 18.6 Å². The summed E-state index contributed by atoms with van der Waals surface area (Å²) in [6.07, 6.45) is 0.782. The van der Waals surface area contributed by atoms with E-state index in [9.17, 15) is 4.79 Å². The maximum Gasteiger partial charge on any atom is 0.230 e. The van der Waals surface area contributed by atoms with E-state index in [1.165, 1.54) is 28.5 Å². The van der Waals surface area contributed by atoms with Crippen molar-refractivity contribution in [3.63, 3.8) is 0 Å². The van der Waals surface area contributed by atoms with Crippen LogP contribution in [0.3, 0.4) is 0 Å². The first-order chi connectivity index (χ1) is 14.5. The Morgan fingerprint density at radius 1 is 0.967 bits per heavy atom. The third kappa shape index (κ3) is 5.83. The zero-order valence-corrected chi connectivity index (χ0v) is 18.7. The van der Waals surface area contributed by atoms with Crippen LogP contribution in [0.4, 0.5) is 0 Å². The van der Waals surface area contributed by atoms with Gasteiger partial charge in [0, 0.05) is 12.1 Å². The van der Waals surface area contributed by atoms with Gasteiger partial charge in [-0.05, 0) is 79.8 Å². The maximum atomic E-state index is 12.1. The van der Waals surface area contributed by atoms with Crippen LogP contribution in [0.15, 0.2) is 53.6 Å². The summed E-state index contributed by atoms with van der Waals surface area (Å²) in [6, 6.07) is 16.1. The molecule has 1 heterocycles. The fourth-order valence-electron chi connectivity index (χ4n) is 3.11. The summed E-state index contributed by atoms with van der Waals surface area (Å²) < 4.78 is 5.15. The third-order valence-corrected chi connectivity index (χ3v) is 5.92. The van der Waals surface area contributed by atoms with Crippen LogP contribution in [-0.2, 0) is 11.2 Å². The molecule has 0 fully saturated rings. The number of nitrogens with one attached hydrogen (secondary N) is 1. The SMILES string of the molecule is COc1ccc(CCNC(=O)CSc2ccc(-c3cc(C)c(C)cc3C)nn2)cc1. The molecule has 5 nitrogen and oxygen atoms in total. The van der Waals surface area contributed by atoms with Crippen molar-refractivity contribution in [2.24, 2.45) is 0 Å². The predicted molar refractivity (Wildman–Crippen MR) is 122 cm³/mol. The summed E-state index contributed by atoms with van der Waals surface area (Å²) in [5.74, 6) is 1.14. The molecule has 0 atom stereocenters. The molecule has 1 aromatic heterocycles. The fourth-order valence-corrected chi connectivity index (χ4v) is 3.75. The molecule has 6 heteroatoms. The Morgan fingerprint density at radius 3 is 2.37 bits per heavy atom. The van der Waals surface area contributed by atoms with Gasteiger partial charge in [-0.2, -0.15) is 0 Å². The average Bonchev–Trinajstić information content (AvgIpc) is 2.76. The van der Waals surface area contributed by atoms with Crippen molar-refractivity contribution < 1.29 is 9.53 Å². The average molecular weight is 422 g/mol. The number of methoxy groups -OCH3 is 1. The minimum absolute atomic E-state index is 0.00982. The summed E-state index contributed by atoms with van der Waals surface area (Å²) in [7, 11) is 1.65. The van der Waals surface area contributed by atoms with Crippen LogP contribution in [0.5, 0.6) is 5.75 Å². The van der Waals surface area contributed by atoms with Crippen molar-refractivity contribution in [1.82, 2.24) is 15.5 Å².